The third kappa shape index (κ3) is 5.50. The van der Waals surface area contributed by atoms with Gasteiger partial charge in [0.25, 0.3) is 0 Å². The smallest absolute Gasteiger partial charge is 0.0547 e. The number of benzene rings is 6. The Morgan fingerprint density at radius 1 is 0.722 bits per heavy atom. The van der Waals surface area contributed by atoms with Gasteiger partial charge in [0.05, 0.1) is 11.0 Å². The van der Waals surface area contributed by atoms with Gasteiger partial charge in [0.15, 0.2) is 0 Å². The fourth-order valence-corrected chi connectivity index (χ4v) is 8.74. The van der Waals surface area contributed by atoms with Crippen molar-refractivity contribution in [3.63, 3.8) is 0 Å². The van der Waals surface area contributed by atoms with Crippen LogP contribution in [0, 0.1) is 0 Å². The molecular weight excluding hydrogens is 653 g/mol. The molecule has 0 radical (unpaired) electrons. The van der Waals surface area contributed by atoms with Crippen molar-refractivity contribution < 1.29 is 0 Å². The molecule has 0 fully saturated rings. The van der Waals surface area contributed by atoms with Crippen LogP contribution in [0.5, 0.6) is 0 Å². The summed E-state index contributed by atoms with van der Waals surface area (Å²) < 4.78 is 2.43. The second-order valence-corrected chi connectivity index (χ2v) is 14.5. The van der Waals surface area contributed by atoms with Crippen LogP contribution in [0.15, 0.2) is 199 Å². The number of rotatable bonds is 8. The summed E-state index contributed by atoms with van der Waals surface area (Å²) in [6, 6.07) is 46.9. The van der Waals surface area contributed by atoms with Gasteiger partial charge in [-0.25, -0.2) is 0 Å². The molecule has 6 aromatic carbocycles. The molecule has 2 nitrogen and oxygen atoms in total. The SMILES string of the molecule is C=C/C=C(\C=C/CC1=CC=CCC1)N(c1ccc2ccccc2c1)c1ccc2c(c1)c1cc3c(cc1n2-c1ccccc1)C=CC1=Cc2ccccc2C13. The minimum atomic E-state index is 0.236. The van der Waals surface area contributed by atoms with Crippen molar-refractivity contribution in [2.24, 2.45) is 0 Å². The molecule has 7 aromatic rings. The summed E-state index contributed by atoms with van der Waals surface area (Å²) in [6.07, 6.45) is 25.4. The molecular formula is C52H40N2. The van der Waals surface area contributed by atoms with Gasteiger partial charge in [-0.3, -0.25) is 0 Å². The zero-order valence-corrected chi connectivity index (χ0v) is 30.2. The van der Waals surface area contributed by atoms with E-state index in [9.17, 15) is 0 Å². The van der Waals surface area contributed by atoms with Gasteiger partial charge in [-0.05, 0) is 125 Å². The van der Waals surface area contributed by atoms with Crippen LogP contribution in [-0.2, 0) is 0 Å². The number of aromatic nitrogens is 1. The maximum absolute atomic E-state index is 4.16. The molecule has 0 bridgehead atoms. The van der Waals surface area contributed by atoms with Crippen molar-refractivity contribution >= 4 is 56.1 Å². The maximum atomic E-state index is 4.16. The number of hydrogen-bond donors (Lipinski definition) is 0. The zero-order valence-electron chi connectivity index (χ0n) is 30.2. The molecule has 1 heterocycles. The van der Waals surface area contributed by atoms with Gasteiger partial charge in [-0.15, -0.1) is 0 Å². The van der Waals surface area contributed by atoms with Crippen LogP contribution in [0.3, 0.4) is 0 Å². The Hall–Kier alpha value is -6.64. The second-order valence-electron chi connectivity index (χ2n) is 14.5. The second kappa shape index (κ2) is 13.4. The van der Waals surface area contributed by atoms with Crippen LogP contribution < -0.4 is 4.90 Å². The Bertz CT molecular complexity index is 2820. The molecule has 258 valence electrons. The summed E-state index contributed by atoms with van der Waals surface area (Å²) in [5.41, 5.74) is 15.0. The first-order valence-electron chi connectivity index (χ1n) is 19.0. The standard InChI is InChI=1S/C52H40N2/c1-2-14-42(23-13-17-36-15-5-3-6-16-36)53(44-28-27-37-18-9-10-19-38(37)32-44)45-29-30-50-48(34-45)49-35-47-40(33-51(49)54(50)43-21-7-4-8-22-43)25-26-41-31-39-20-11-12-24-46(39)52(41)47/h2-5,7-15,18-35,52H,1,6,16-17H2/b23-13-,42-14+. The van der Waals surface area contributed by atoms with Crippen molar-refractivity contribution in [2.45, 2.75) is 25.2 Å². The first-order chi connectivity index (χ1) is 26.7. The summed E-state index contributed by atoms with van der Waals surface area (Å²) in [7, 11) is 0. The van der Waals surface area contributed by atoms with Gasteiger partial charge in [0, 0.05) is 39.4 Å². The van der Waals surface area contributed by atoms with Crippen molar-refractivity contribution in [3.05, 3.63) is 222 Å². The topological polar surface area (TPSA) is 8.17 Å². The van der Waals surface area contributed by atoms with E-state index in [4.69, 9.17) is 0 Å². The van der Waals surface area contributed by atoms with Gasteiger partial charge in [-0.2, -0.15) is 0 Å². The largest absolute Gasteiger partial charge is 0.310 e. The van der Waals surface area contributed by atoms with E-state index in [0.29, 0.717) is 0 Å². The lowest BCUT2D eigenvalue weighted by molar-refractivity contribution is 0.924. The quantitative estimate of drug-likeness (QED) is 0.144. The molecule has 1 unspecified atom stereocenters. The molecule has 2 heteroatoms. The van der Waals surface area contributed by atoms with E-state index in [-0.39, 0.29) is 5.92 Å². The van der Waals surface area contributed by atoms with Crippen LogP contribution in [-0.4, -0.2) is 4.57 Å². The predicted molar refractivity (Wildman–Crippen MR) is 231 cm³/mol. The van der Waals surface area contributed by atoms with E-state index in [1.807, 2.05) is 6.08 Å². The lowest BCUT2D eigenvalue weighted by atomic mass is 9.81. The predicted octanol–water partition coefficient (Wildman–Crippen LogP) is 13.9. The Labute approximate surface area is 317 Å². The molecule has 1 atom stereocenters. The van der Waals surface area contributed by atoms with E-state index in [0.717, 1.165) is 42.0 Å². The average molecular weight is 693 g/mol. The van der Waals surface area contributed by atoms with Gasteiger partial charge in [0.1, 0.15) is 0 Å². The zero-order chi connectivity index (χ0) is 36.0. The number of allylic oxidation sites excluding steroid dienone is 10. The summed E-state index contributed by atoms with van der Waals surface area (Å²) in [4.78, 5) is 2.39. The fraction of sp³-hybridized carbons (Fsp3) is 0.0769. The highest BCUT2D eigenvalue weighted by Crippen LogP contribution is 2.48. The van der Waals surface area contributed by atoms with Crippen LogP contribution in [0.2, 0.25) is 0 Å². The first-order valence-corrected chi connectivity index (χ1v) is 19.0. The van der Waals surface area contributed by atoms with E-state index < -0.39 is 0 Å². The fourth-order valence-electron chi connectivity index (χ4n) is 8.74. The van der Waals surface area contributed by atoms with Gasteiger partial charge in [-0.1, -0.05) is 134 Å². The van der Waals surface area contributed by atoms with E-state index >= 15 is 0 Å². The van der Waals surface area contributed by atoms with Crippen LogP contribution >= 0.6 is 0 Å². The van der Waals surface area contributed by atoms with Crippen LogP contribution in [0.25, 0.3) is 50.4 Å². The van der Waals surface area contributed by atoms with Gasteiger partial charge in [0.2, 0.25) is 0 Å². The highest BCUT2D eigenvalue weighted by atomic mass is 15.1. The highest BCUT2D eigenvalue weighted by molar-refractivity contribution is 6.12. The molecule has 0 N–H and O–H groups in total. The summed E-state index contributed by atoms with van der Waals surface area (Å²) in [6.45, 7) is 4.16. The molecule has 1 aromatic heterocycles. The molecule has 0 amide bonds. The lowest BCUT2D eigenvalue weighted by Gasteiger charge is -2.27. The number of hydrogen-bond acceptors (Lipinski definition) is 1. The normalized spacial score (nSPS) is 16.1. The van der Waals surface area contributed by atoms with Crippen molar-refractivity contribution in [2.75, 3.05) is 4.90 Å². The van der Waals surface area contributed by atoms with Gasteiger partial charge < -0.3 is 9.47 Å². The van der Waals surface area contributed by atoms with Crippen LogP contribution in [0.1, 0.15) is 47.4 Å². The van der Waals surface area contributed by atoms with E-state index in [1.54, 1.807) is 0 Å². The molecule has 0 saturated carbocycles. The summed E-state index contributed by atoms with van der Waals surface area (Å²) >= 11 is 0. The average Bonchev–Trinajstić information content (AvgIpc) is 3.76. The number of anilines is 2. The Balaban J connectivity index is 1.19. The molecule has 3 aliphatic rings. The Morgan fingerprint density at radius 2 is 1.52 bits per heavy atom. The van der Waals surface area contributed by atoms with Crippen LogP contribution in [0.4, 0.5) is 11.4 Å². The summed E-state index contributed by atoms with van der Waals surface area (Å²) in [5, 5.41) is 4.93. The number of fused-ring (bicyclic) bond motifs is 9. The van der Waals surface area contributed by atoms with E-state index in [2.05, 4.69) is 198 Å². The van der Waals surface area contributed by atoms with Crippen molar-refractivity contribution in [1.82, 2.24) is 4.57 Å². The third-order valence-electron chi connectivity index (χ3n) is 11.3. The van der Waals surface area contributed by atoms with E-state index in [1.165, 1.54) is 66.0 Å². The Kier molecular flexibility index (Phi) is 7.95. The molecule has 0 spiro atoms. The minimum Gasteiger partial charge on any atom is -0.310 e. The first kappa shape index (κ1) is 32.0. The van der Waals surface area contributed by atoms with Crippen molar-refractivity contribution in [1.29, 1.82) is 0 Å². The highest BCUT2D eigenvalue weighted by Gasteiger charge is 2.30. The number of para-hydroxylation sites is 1. The number of nitrogens with zero attached hydrogens (tertiary/aromatic N) is 2. The lowest BCUT2D eigenvalue weighted by Crippen LogP contribution is -2.15. The van der Waals surface area contributed by atoms with Crippen molar-refractivity contribution in [3.8, 4) is 5.69 Å². The molecule has 0 saturated heterocycles. The maximum Gasteiger partial charge on any atom is 0.0547 e. The van der Waals surface area contributed by atoms with Gasteiger partial charge >= 0.3 is 0 Å². The molecule has 10 rings (SSSR count). The Morgan fingerprint density at radius 3 is 2.39 bits per heavy atom. The third-order valence-corrected chi connectivity index (χ3v) is 11.3. The monoisotopic (exact) mass is 692 g/mol. The minimum absolute atomic E-state index is 0.236. The molecule has 0 aliphatic heterocycles. The summed E-state index contributed by atoms with van der Waals surface area (Å²) in [5.74, 6) is 0.236. The molecule has 54 heavy (non-hydrogen) atoms. The molecule has 3 aliphatic carbocycles.